The smallest absolute Gasteiger partial charge is 0.255 e. The van der Waals surface area contributed by atoms with E-state index in [0.717, 1.165) is 20.8 Å². The summed E-state index contributed by atoms with van der Waals surface area (Å²) < 4.78 is 7.03. The van der Waals surface area contributed by atoms with Gasteiger partial charge >= 0.3 is 0 Å². The van der Waals surface area contributed by atoms with Crippen molar-refractivity contribution in [1.82, 2.24) is 4.98 Å². The fraction of sp³-hybridized carbons (Fsp3) is 0.192. The minimum atomic E-state index is -0.530. The van der Waals surface area contributed by atoms with Gasteiger partial charge in [-0.05, 0) is 80.9 Å². The Bertz CT molecular complexity index is 1370. The number of nitrogens with zero attached hydrogens (tertiary/aromatic N) is 1. The van der Waals surface area contributed by atoms with Crippen molar-refractivity contribution in [3.05, 3.63) is 77.4 Å². The maximum absolute atomic E-state index is 12.8. The van der Waals surface area contributed by atoms with Gasteiger partial charge in [-0.25, -0.2) is 4.98 Å². The first-order valence-electron chi connectivity index (χ1n) is 10.4. The van der Waals surface area contributed by atoms with Crippen LogP contribution in [0.25, 0.3) is 20.8 Å². The van der Waals surface area contributed by atoms with Gasteiger partial charge in [0.15, 0.2) is 5.78 Å². The van der Waals surface area contributed by atoms with Crippen molar-refractivity contribution in [2.45, 2.75) is 32.8 Å². The molecule has 5 nitrogen and oxygen atoms in total. The number of hydrogen-bond acceptors (Lipinski definition) is 5. The van der Waals surface area contributed by atoms with Crippen LogP contribution in [0.3, 0.4) is 0 Å². The molecule has 160 valence electrons. The highest BCUT2D eigenvalue weighted by atomic mass is 32.1. The second-order valence-electron chi connectivity index (χ2n) is 8.69. The van der Waals surface area contributed by atoms with E-state index in [4.69, 9.17) is 9.72 Å². The van der Waals surface area contributed by atoms with Crippen LogP contribution in [0.4, 0.5) is 5.69 Å². The molecule has 0 atom stereocenters. The van der Waals surface area contributed by atoms with Crippen molar-refractivity contribution in [2.24, 2.45) is 0 Å². The molecule has 6 heteroatoms. The standard InChI is InChI=1S/C26H22N2O3S/c1-15-4-10-20-23(12-15)32-25(28-20)16-5-8-18(9-6-16)27-24(30)17-7-11-22-19(13-17)21(29)14-26(2,3)31-22/h4-13H,14H2,1-3H3,(H,27,30). The minimum absolute atomic E-state index is 0.0127. The summed E-state index contributed by atoms with van der Waals surface area (Å²) in [7, 11) is 0. The average molecular weight is 443 g/mol. The maximum atomic E-state index is 12.8. The number of thiazole rings is 1. The summed E-state index contributed by atoms with van der Waals surface area (Å²) in [5.74, 6) is 0.244. The summed E-state index contributed by atoms with van der Waals surface area (Å²) in [5.41, 5.74) is 4.23. The molecule has 0 unspecified atom stereocenters. The predicted molar refractivity (Wildman–Crippen MR) is 128 cm³/mol. The molecule has 1 aromatic heterocycles. The molecule has 1 amide bonds. The number of anilines is 1. The SMILES string of the molecule is Cc1ccc2nc(-c3ccc(NC(=O)c4ccc5c(c4)C(=O)CC(C)(C)O5)cc3)sc2c1. The molecule has 0 bridgehead atoms. The van der Waals surface area contributed by atoms with E-state index >= 15 is 0 Å². The molecular weight excluding hydrogens is 420 g/mol. The van der Waals surface area contributed by atoms with Gasteiger partial charge in [-0.3, -0.25) is 9.59 Å². The number of aryl methyl sites for hydroxylation is 1. The molecule has 0 aliphatic carbocycles. The van der Waals surface area contributed by atoms with E-state index in [9.17, 15) is 9.59 Å². The van der Waals surface area contributed by atoms with E-state index in [-0.39, 0.29) is 18.1 Å². The molecule has 4 aromatic rings. The number of aromatic nitrogens is 1. The fourth-order valence-corrected chi connectivity index (χ4v) is 4.92. The monoisotopic (exact) mass is 442 g/mol. The predicted octanol–water partition coefficient (Wildman–Crippen LogP) is 6.27. The van der Waals surface area contributed by atoms with E-state index in [2.05, 4.69) is 24.4 Å². The summed E-state index contributed by atoms with van der Waals surface area (Å²) in [4.78, 5) is 29.9. The van der Waals surface area contributed by atoms with Crippen molar-refractivity contribution in [2.75, 3.05) is 5.32 Å². The lowest BCUT2D eigenvalue weighted by Gasteiger charge is -2.31. The Balaban J connectivity index is 1.34. The highest BCUT2D eigenvalue weighted by molar-refractivity contribution is 7.21. The second-order valence-corrected chi connectivity index (χ2v) is 9.72. The normalized spacial score (nSPS) is 14.7. The quantitative estimate of drug-likeness (QED) is 0.406. The minimum Gasteiger partial charge on any atom is -0.487 e. The molecule has 0 saturated carbocycles. The molecular formula is C26H22N2O3S. The summed E-state index contributed by atoms with van der Waals surface area (Å²) in [6, 6.07) is 18.8. The lowest BCUT2D eigenvalue weighted by atomic mass is 9.92. The molecule has 0 saturated heterocycles. The van der Waals surface area contributed by atoms with Crippen molar-refractivity contribution in [3.8, 4) is 16.3 Å². The number of amides is 1. The third-order valence-electron chi connectivity index (χ3n) is 5.45. The Morgan fingerprint density at radius 1 is 1.06 bits per heavy atom. The Hall–Kier alpha value is -3.51. The molecule has 3 aromatic carbocycles. The van der Waals surface area contributed by atoms with Gasteiger partial charge in [0.1, 0.15) is 16.4 Å². The zero-order valence-corrected chi connectivity index (χ0v) is 18.9. The van der Waals surface area contributed by atoms with Gasteiger partial charge in [0.05, 0.1) is 22.2 Å². The molecule has 0 spiro atoms. The van der Waals surface area contributed by atoms with Crippen LogP contribution in [0, 0.1) is 6.92 Å². The van der Waals surface area contributed by atoms with Crippen LogP contribution in [-0.2, 0) is 0 Å². The summed E-state index contributed by atoms with van der Waals surface area (Å²) in [6.45, 7) is 5.84. The second kappa shape index (κ2) is 7.57. The van der Waals surface area contributed by atoms with Crippen molar-refractivity contribution in [1.29, 1.82) is 0 Å². The molecule has 5 rings (SSSR count). The number of nitrogens with one attached hydrogen (secondary N) is 1. The first-order chi connectivity index (χ1) is 15.3. The van der Waals surface area contributed by atoms with Crippen LogP contribution in [0.15, 0.2) is 60.7 Å². The van der Waals surface area contributed by atoms with E-state index in [1.165, 1.54) is 5.56 Å². The average Bonchev–Trinajstić information content (AvgIpc) is 3.16. The van der Waals surface area contributed by atoms with Gasteiger partial charge in [0, 0.05) is 16.8 Å². The van der Waals surface area contributed by atoms with Crippen LogP contribution in [0.2, 0.25) is 0 Å². The topological polar surface area (TPSA) is 68.3 Å². The maximum Gasteiger partial charge on any atom is 0.255 e. The summed E-state index contributed by atoms with van der Waals surface area (Å²) >= 11 is 1.65. The van der Waals surface area contributed by atoms with Gasteiger partial charge < -0.3 is 10.1 Å². The Morgan fingerprint density at radius 3 is 2.62 bits per heavy atom. The number of ether oxygens (including phenoxy) is 1. The van der Waals surface area contributed by atoms with Crippen LogP contribution in [-0.4, -0.2) is 22.3 Å². The third kappa shape index (κ3) is 3.89. The number of benzene rings is 3. The zero-order chi connectivity index (χ0) is 22.5. The van der Waals surface area contributed by atoms with E-state index in [0.29, 0.717) is 22.6 Å². The molecule has 1 aliphatic rings. The van der Waals surface area contributed by atoms with Crippen molar-refractivity contribution >= 4 is 38.9 Å². The highest BCUT2D eigenvalue weighted by Gasteiger charge is 2.32. The largest absolute Gasteiger partial charge is 0.487 e. The van der Waals surface area contributed by atoms with Gasteiger partial charge in [0.25, 0.3) is 5.91 Å². The Labute approximate surface area is 190 Å². The van der Waals surface area contributed by atoms with Gasteiger partial charge in [0.2, 0.25) is 0 Å². The third-order valence-corrected chi connectivity index (χ3v) is 6.52. The van der Waals surface area contributed by atoms with Crippen LogP contribution in [0.5, 0.6) is 5.75 Å². The first-order valence-corrected chi connectivity index (χ1v) is 11.2. The zero-order valence-electron chi connectivity index (χ0n) is 18.1. The Morgan fingerprint density at radius 2 is 1.84 bits per heavy atom. The fourth-order valence-electron chi connectivity index (χ4n) is 3.85. The summed E-state index contributed by atoms with van der Waals surface area (Å²) in [6.07, 6.45) is 0.290. The van der Waals surface area contributed by atoms with E-state index in [1.807, 2.05) is 44.2 Å². The van der Waals surface area contributed by atoms with Crippen molar-refractivity contribution in [3.63, 3.8) is 0 Å². The molecule has 1 N–H and O–H groups in total. The molecule has 0 radical (unpaired) electrons. The van der Waals surface area contributed by atoms with Crippen LogP contribution < -0.4 is 10.1 Å². The number of rotatable bonds is 3. The van der Waals surface area contributed by atoms with Gasteiger partial charge in [-0.15, -0.1) is 11.3 Å². The molecule has 0 fully saturated rings. The molecule has 1 aliphatic heterocycles. The van der Waals surface area contributed by atoms with Crippen LogP contribution >= 0.6 is 11.3 Å². The number of carbonyl (C=O) groups excluding carboxylic acids is 2. The lowest BCUT2D eigenvalue weighted by molar-refractivity contribution is 0.0620. The van der Waals surface area contributed by atoms with Crippen LogP contribution in [0.1, 0.15) is 46.5 Å². The first kappa shape index (κ1) is 20.4. The number of fused-ring (bicyclic) bond motifs is 2. The number of Topliss-reactive ketones (excluding diaryl/α,β-unsaturated/α-hetero) is 1. The van der Waals surface area contributed by atoms with Crippen molar-refractivity contribution < 1.29 is 14.3 Å². The van der Waals surface area contributed by atoms with E-state index < -0.39 is 5.60 Å². The molecule has 2 heterocycles. The van der Waals surface area contributed by atoms with Gasteiger partial charge in [-0.1, -0.05) is 6.07 Å². The number of ketones is 1. The highest BCUT2D eigenvalue weighted by Crippen LogP contribution is 2.34. The molecule has 32 heavy (non-hydrogen) atoms. The summed E-state index contributed by atoms with van der Waals surface area (Å²) in [5, 5.41) is 3.84. The lowest BCUT2D eigenvalue weighted by Crippen LogP contribution is -2.36. The van der Waals surface area contributed by atoms with Gasteiger partial charge in [-0.2, -0.15) is 0 Å². The number of hydrogen-bond donors (Lipinski definition) is 1. The number of carbonyl (C=O) groups is 2. The Kier molecular flexibility index (Phi) is 4.82. The van der Waals surface area contributed by atoms with E-state index in [1.54, 1.807) is 29.5 Å².